The molecule has 0 aliphatic rings. The van der Waals surface area contributed by atoms with Crippen molar-refractivity contribution in [3.8, 4) is 5.75 Å². The quantitative estimate of drug-likeness (QED) is 0.558. The first-order valence-corrected chi connectivity index (χ1v) is 7.59. The predicted octanol–water partition coefficient (Wildman–Crippen LogP) is 4.49. The van der Waals surface area contributed by atoms with Crippen LogP contribution in [0.4, 0.5) is 0 Å². The third-order valence-corrected chi connectivity index (χ3v) is 3.55. The van der Waals surface area contributed by atoms with E-state index in [0.29, 0.717) is 13.0 Å². The molecule has 0 fully saturated rings. The van der Waals surface area contributed by atoms with E-state index in [1.54, 1.807) is 0 Å². The third-order valence-electron chi connectivity index (χ3n) is 3.55. The molecule has 0 aliphatic heterocycles. The molecule has 0 amide bonds. The van der Waals surface area contributed by atoms with Gasteiger partial charge in [-0.15, -0.1) is 6.58 Å². The molecule has 0 saturated heterocycles. The number of hydrogen-bond donors (Lipinski definition) is 0. The number of carbonyl (C=O) groups is 1. The maximum absolute atomic E-state index is 12.0. The van der Waals surface area contributed by atoms with Crippen LogP contribution in [0.3, 0.4) is 0 Å². The Kier molecular flexibility index (Phi) is 5.98. The fraction of sp³-hybridized carbons (Fsp3) is 0.250. The minimum atomic E-state index is -0.349. The van der Waals surface area contributed by atoms with Crippen LogP contribution >= 0.6 is 0 Å². The zero-order chi connectivity index (χ0) is 16.7. The topological polar surface area (TPSA) is 35.5 Å². The second-order valence-electron chi connectivity index (χ2n) is 5.58. The van der Waals surface area contributed by atoms with Gasteiger partial charge < -0.3 is 9.47 Å². The number of ether oxygens (including phenoxy) is 2. The zero-order valence-corrected chi connectivity index (χ0v) is 13.6. The summed E-state index contributed by atoms with van der Waals surface area (Å²) in [4.78, 5) is 12.0. The van der Waals surface area contributed by atoms with Crippen molar-refractivity contribution in [1.82, 2.24) is 0 Å². The maximum atomic E-state index is 12.0. The highest BCUT2D eigenvalue weighted by molar-refractivity contribution is 5.78. The molecule has 2 rings (SSSR count). The summed E-state index contributed by atoms with van der Waals surface area (Å²) >= 11 is 0. The molecule has 1 atom stereocenters. The normalized spacial score (nSPS) is 11.6. The monoisotopic (exact) mass is 310 g/mol. The van der Waals surface area contributed by atoms with Crippen molar-refractivity contribution in [3.63, 3.8) is 0 Å². The van der Waals surface area contributed by atoms with Gasteiger partial charge in [0, 0.05) is 0 Å². The Labute approximate surface area is 137 Å². The summed E-state index contributed by atoms with van der Waals surface area (Å²) < 4.78 is 10.7. The molecule has 3 heteroatoms. The van der Waals surface area contributed by atoms with Crippen LogP contribution in [-0.4, -0.2) is 13.1 Å². The fourth-order valence-corrected chi connectivity index (χ4v) is 2.39. The lowest BCUT2D eigenvalue weighted by Gasteiger charge is -2.16. The van der Waals surface area contributed by atoms with E-state index in [0.717, 1.165) is 22.4 Å². The number of carbonyl (C=O) groups excluding carboxylic acids is 1. The zero-order valence-electron chi connectivity index (χ0n) is 13.6. The van der Waals surface area contributed by atoms with Gasteiger partial charge in [-0.3, -0.25) is 4.79 Å². The van der Waals surface area contributed by atoms with Gasteiger partial charge >= 0.3 is 5.97 Å². The largest absolute Gasteiger partial charge is 0.489 e. The molecule has 0 unspecified atom stereocenters. The van der Waals surface area contributed by atoms with Crippen molar-refractivity contribution in [2.75, 3.05) is 7.11 Å². The van der Waals surface area contributed by atoms with Crippen molar-refractivity contribution in [2.24, 2.45) is 0 Å². The Hall–Kier alpha value is -2.55. The first-order chi connectivity index (χ1) is 11.1. The van der Waals surface area contributed by atoms with Gasteiger partial charge in [-0.25, -0.2) is 0 Å². The Morgan fingerprint density at radius 3 is 2.52 bits per heavy atom. The average molecular weight is 310 g/mol. The van der Waals surface area contributed by atoms with Crippen molar-refractivity contribution in [1.29, 1.82) is 0 Å². The summed E-state index contributed by atoms with van der Waals surface area (Å²) in [6.07, 6.45) is 0.564. The lowest BCUT2D eigenvalue weighted by atomic mass is 9.93. The Balaban J connectivity index is 2.13. The lowest BCUT2D eigenvalue weighted by Crippen LogP contribution is -2.14. The van der Waals surface area contributed by atoms with Crippen molar-refractivity contribution in [2.45, 2.75) is 25.9 Å². The van der Waals surface area contributed by atoms with Gasteiger partial charge in [0.15, 0.2) is 0 Å². The van der Waals surface area contributed by atoms with Crippen molar-refractivity contribution in [3.05, 3.63) is 77.9 Å². The van der Waals surface area contributed by atoms with Crippen LogP contribution in [0.25, 0.3) is 0 Å². The minimum Gasteiger partial charge on any atom is -0.489 e. The van der Waals surface area contributed by atoms with Crippen LogP contribution in [0, 0.1) is 0 Å². The van der Waals surface area contributed by atoms with Gasteiger partial charge in [-0.1, -0.05) is 48.0 Å². The predicted molar refractivity (Wildman–Crippen MR) is 91.4 cm³/mol. The first-order valence-electron chi connectivity index (χ1n) is 7.59. The summed E-state index contributed by atoms with van der Waals surface area (Å²) in [5.41, 5.74) is 2.92. The number of esters is 1. The molecule has 0 saturated carbocycles. The van der Waals surface area contributed by atoms with Crippen molar-refractivity contribution < 1.29 is 14.3 Å². The number of benzene rings is 2. The molecule has 23 heavy (non-hydrogen) atoms. The van der Waals surface area contributed by atoms with Crippen LogP contribution in [0.15, 0.2) is 66.7 Å². The summed E-state index contributed by atoms with van der Waals surface area (Å²) in [6.45, 7) is 6.30. The summed E-state index contributed by atoms with van der Waals surface area (Å²) in [6, 6.07) is 17.6. The molecule has 2 aromatic rings. The van der Waals surface area contributed by atoms with E-state index in [1.807, 2.05) is 61.5 Å². The van der Waals surface area contributed by atoms with Gasteiger partial charge in [0.25, 0.3) is 0 Å². The third kappa shape index (κ3) is 4.99. The van der Waals surface area contributed by atoms with E-state index in [2.05, 4.69) is 6.58 Å². The molecule has 3 nitrogen and oxygen atoms in total. The summed E-state index contributed by atoms with van der Waals surface area (Å²) in [7, 11) is 1.41. The van der Waals surface area contributed by atoms with Gasteiger partial charge in [0.1, 0.15) is 12.4 Å². The van der Waals surface area contributed by atoms with Gasteiger partial charge in [-0.2, -0.15) is 0 Å². The standard InChI is InChI=1S/C20H22O3/c1-15(2)12-19(20(21)22-3)17-10-7-11-18(13-17)23-14-16-8-5-4-6-9-16/h4-11,13,19H,1,12,14H2,2-3H3/t19-/m0/s1. The Morgan fingerprint density at radius 2 is 1.87 bits per heavy atom. The molecular formula is C20H22O3. The van der Waals surface area contributed by atoms with Crippen molar-refractivity contribution >= 4 is 5.97 Å². The van der Waals surface area contributed by atoms with E-state index in [9.17, 15) is 4.79 Å². The number of rotatable bonds is 7. The van der Waals surface area contributed by atoms with Crippen LogP contribution < -0.4 is 4.74 Å². The molecule has 0 radical (unpaired) electrons. The number of allylic oxidation sites excluding steroid dienone is 1. The smallest absolute Gasteiger partial charge is 0.313 e. The SMILES string of the molecule is C=C(C)C[C@H](C(=O)OC)c1cccc(OCc2ccccc2)c1. The lowest BCUT2D eigenvalue weighted by molar-refractivity contribution is -0.142. The highest BCUT2D eigenvalue weighted by Crippen LogP contribution is 2.27. The Bertz CT molecular complexity index is 662. The van der Waals surface area contributed by atoms with E-state index < -0.39 is 0 Å². The molecule has 0 N–H and O–H groups in total. The van der Waals surface area contributed by atoms with E-state index >= 15 is 0 Å². The summed E-state index contributed by atoms with van der Waals surface area (Å²) in [5, 5.41) is 0. The van der Waals surface area contributed by atoms with Crippen LogP contribution in [-0.2, 0) is 16.1 Å². The summed E-state index contributed by atoms with van der Waals surface area (Å²) in [5.74, 6) is 0.132. The minimum absolute atomic E-state index is 0.256. The number of hydrogen-bond acceptors (Lipinski definition) is 3. The van der Waals surface area contributed by atoms with E-state index in [-0.39, 0.29) is 11.9 Å². The van der Waals surface area contributed by atoms with Gasteiger partial charge in [0.05, 0.1) is 13.0 Å². The van der Waals surface area contributed by atoms with Crippen LogP contribution in [0.2, 0.25) is 0 Å². The molecule has 0 spiro atoms. The Morgan fingerprint density at radius 1 is 1.13 bits per heavy atom. The van der Waals surface area contributed by atoms with Crippen LogP contribution in [0.5, 0.6) is 5.75 Å². The molecule has 0 aromatic heterocycles. The molecule has 0 heterocycles. The fourth-order valence-electron chi connectivity index (χ4n) is 2.39. The maximum Gasteiger partial charge on any atom is 0.313 e. The second-order valence-corrected chi connectivity index (χ2v) is 5.58. The molecule has 0 bridgehead atoms. The van der Waals surface area contributed by atoms with Gasteiger partial charge in [-0.05, 0) is 36.6 Å². The molecule has 0 aliphatic carbocycles. The molecular weight excluding hydrogens is 288 g/mol. The van der Waals surface area contributed by atoms with E-state index in [1.165, 1.54) is 7.11 Å². The highest BCUT2D eigenvalue weighted by atomic mass is 16.5. The molecule has 2 aromatic carbocycles. The second kappa shape index (κ2) is 8.18. The average Bonchev–Trinajstić information content (AvgIpc) is 2.58. The van der Waals surface area contributed by atoms with E-state index in [4.69, 9.17) is 9.47 Å². The molecule has 120 valence electrons. The number of methoxy groups -OCH3 is 1. The van der Waals surface area contributed by atoms with Crippen LogP contribution in [0.1, 0.15) is 30.4 Å². The first kappa shape index (κ1) is 16.8. The highest BCUT2D eigenvalue weighted by Gasteiger charge is 2.21. The van der Waals surface area contributed by atoms with Gasteiger partial charge in [0.2, 0.25) is 0 Å².